The molecule has 1 nitrogen and oxygen atoms in total. The first-order valence-corrected chi connectivity index (χ1v) is 4.88. The Labute approximate surface area is 90.5 Å². The van der Waals surface area contributed by atoms with E-state index in [1.54, 1.807) is 4.90 Å². The fourth-order valence-electron chi connectivity index (χ4n) is 0.766. The van der Waals surface area contributed by atoms with E-state index in [0.717, 1.165) is 10.2 Å². The SMILES string of the molecule is CN(C(=S)Cl)c1ccc(Br)cc1. The molecule has 0 fully saturated rings. The molecule has 12 heavy (non-hydrogen) atoms. The molecule has 4 heteroatoms. The highest BCUT2D eigenvalue weighted by Gasteiger charge is 2.02. The smallest absolute Gasteiger partial charge is 0.174 e. The number of nitrogens with zero attached hydrogens (tertiary/aromatic N) is 1. The zero-order chi connectivity index (χ0) is 9.14. The second kappa shape index (κ2) is 4.21. The van der Waals surface area contributed by atoms with Crippen LogP contribution in [0, 0.1) is 0 Å². The lowest BCUT2D eigenvalue weighted by molar-refractivity contribution is 1.31. The van der Waals surface area contributed by atoms with Gasteiger partial charge in [0.25, 0.3) is 0 Å². The summed E-state index contributed by atoms with van der Waals surface area (Å²) in [5, 5.41) is 0. The Bertz CT molecular complexity index is 286. The van der Waals surface area contributed by atoms with Gasteiger partial charge in [-0.1, -0.05) is 27.5 Å². The maximum atomic E-state index is 5.65. The Hall–Kier alpha value is -0.120. The first-order valence-electron chi connectivity index (χ1n) is 3.30. The molecule has 0 saturated heterocycles. The molecule has 64 valence electrons. The van der Waals surface area contributed by atoms with E-state index in [9.17, 15) is 0 Å². The van der Waals surface area contributed by atoms with Crippen molar-refractivity contribution in [3.8, 4) is 0 Å². The number of anilines is 1. The van der Waals surface area contributed by atoms with Gasteiger partial charge in [0.1, 0.15) is 0 Å². The normalized spacial score (nSPS) is 9.58. The second-order valence-corrected chi connectivity index (χ2v) is 4.17. The molecular weight excluding hydrogens is 258 g/mol. The van der Waals surface area contributed by atoms with Crippen molar-refractivity contribution in [3.05, 3.63) is 28.7 Å². The number of rotatable bonds is 1. The molecule has 0 aliphatic rings. The van der Waals surface area contributed by atoms with Crippen molar-refractivity contribution in [2.75, 3.05) is 11.9 Å². The number of benzene rings is 1. The molecule has 0 amide bonds. The predicted molar refractivity (Wildman–Crippen MR) is 61.0 cm³/mol. The maximum Gasteiger partial charge on any atom is 0.174 e. The minimum absolute atomic E-state index is 0.345. The van der Waals surface area contributed by atoms with Crippen LogP contribution in [-0.2, 0) is 0 Å². The van der Waals surface area contributed by atoms with E-state index in [2.05, 4.69) is 15.9 Å². The molecule has 0 N–H and O–H groups in total. The highest BCUT2D eigenvalue weighted by molar-refractivity contribution is 9.10. The fourth-order valence-corrected chi connectivity index (χ4v) is 1.23. The summed E-state index contributed by atoms with van der Waals surface area (Å²) in [5.41, 5.74) is 0.984. The standard InChI is InChI=1S/C8H7BrClNS/c1-11(8(10)12)7-4-2-6(9)3-5-7/h2-5H,1H3. The second-order valence-electron chi connectivity index (χ2n) is 2.29. The van der Waals surface area contributed by atoms with Crippen LogP contribution in [0.3, 0.4) is 0 Å². The number of thiocarbonyl (C=S) groups is 1. The van der Waals surface area contributed by atoms with Crippen molar-refractivity contribution >= 4 is 49.9 Å². The topological polar surface area (TPSA) is 3.24 Å². The van der Waals surface area contributed by atoms with Gasteiger partial charge in [-0.15, -0.1) is 0 Å². The van der Waals surface area contributed by atoms with Gasteiger partial charge >= 0.3 is 0 Å². The van der Waals surface area contributed by atoms with E-state index in [-0.39, 0.29) is 0 Å². The summed E-state index contributed by atoms with van der Waals surface area (Å²) in [6.07, 6.45) is 0. The minimum Gasteiger partial charge on any atom is -0.326 e. The molecule has 1 aromatic rings. The van der Waals surface area contributed by atoms with Crippen LogP contribution in [0.4, 0.5) is 5.69 Å². The first kappa shape index (κ1) is 9.96. The van der Waals surface area contributed by atoms with Gasteiger partial charge in [-0.3, -0.25) is 0 Å². The van der Waals surface area contributed by atoms with E-state index in [0.29, 0.717) is 4.45 Å². The van der Waals surface area contributed by atoms with Crippen LogP contribution in [0.15, 0.2) is 28.7 Å². The summed E-state index contributed by atoms with van der Waals surface area (Å²) >= 11 is 13.8. The molecule has 0 heterocycles. The van der Waals surface area contributed by atoms with Crippen LogP contribution in [0.25, 0.3) is 0 Å². The third-order valence-electron chi connectivity index (χ3n) is 1.48. The molecule has 0 unspecified atom stereocenters. The molecular formula is C8H7BrClNS. The van der Waals surface area contributed by atoms with Crippen molar-refractivity contribution in [1.29, 1.82) is 0 Å². The lowest BCUT2D eigenvalue weighted by Crippen LogP contribution is -2.18. The summed E-state index contributed by atoms with van der Waals surface area (Å²) in [4.78, 5) is 1.74. The van der Waals surface area contributed by atoms with Crippen molar-refractivity contribution in [2.45, 2.75) is 0 Å². The monoisotopic (exact) mass is 263 g/mol. The predicted octanol–water partition coefficient (Wildman–Crippen LogP) is 3.41. The molecule has 0 aromatic heterocycles. The molecule has 1 rings (SSSR count). The Balaban J connectivity index is 2.89. The summed E-state index contributed by atoms with van der Waals surface area (Å²) < 4.78 is 1.39. The molecule has 0 spiro atoms. The van der Waals surface area contributed by atoms with Crippen LogP contribution in [0.5, 0.6) is 0 Å². The summed E-state index contributed by atoms with van der Waals surface area (Å²) in [5.74, 6) is 0. The number of halogens is 2. The van der Waals surface area contributed by atoms with Gasteiger partial charge in [0.2, 0.25) is 0 Å². The molecule has 0 radical (unpaired) electrons. The van der Waals surface area contributed by atoms with Gasteiger partial charge in [0.15, 0.2) is 4.45 Å². The van der Waals surface area contributed by atoms with E-state index in [4.69, 9.17) is 23.8 Å². The van der Waals surface area contributed by atoms with Crippen molar-refractivity contribution in [2.24, 2.45) is 0 Å². The van der Waals surface area contributed by atoms with E-state index in [1.807, 2.05) is 31.3 Å². The largest absolute Gasteiger partial charge is 0.326 e. The van der Waals surface area contributed by atoms with Gasteiger partial charge in [0.05, 0.1) is 0 Å². The average Bonchev–Trinajstić information content (AvgIpc) is 2.04. The highest BCUT2D eigenvalue weighted by Crippen LogP contribution is 2.18. The summed E-state index contributed by atoms with van der Waals surface area (Å²) in [6, 6.07) is 7.78. The van der Waals surface area contributed by atoms with Crippen molar-refractivity contribution in [3.63, 3.8) is 0 Å². The average molecular weight is 265 g/mol. The molecule has 0 aliphatic carbocycles. The minimum atomic E-state index is 0.345. The lowest BCUT2D eigenvalue weighted by Gasteiger charge is -2.15. The molecule has 0 aliphatic heterocycles. The molecule has 1 aromatic carbocycles. The van der Waals surface area contributed by atoms with Crippen LogP contribution in [0.1, 0.15) is 0 Å². The molecule has 0 bridgehead atoms. The summed E-state index contributed by atoms with van der Waals surface area (Å²) in [7, 11) is 1.83. The third-order valence-corrected chi connectivity index (χ3v) is 2.53. The van der Waals surface area contributed by atoms with Crippen LogP contribution in [0.2, 0.25) is 0 Å². The molecule has 0 saturated carbocycles. The third kappa shape index (κ3) is 2.44. The Morgan fingerprint density at radius 1 is 1.42 bits per heavy atom. The van der Waals surface area contributed by atoms with Gasteiger partial charge in [-0.25, -0.2) is 0 Å². The molecule has 0 atom stereocenters. The van der Waals surface area contributed by atoms with Crippen molar-refractivity contribution in [1.82, 2.24) is 0 Å². The Kier molecular flexibility index (Phi) is 3.50. The lowest BCUT2D eigenvalue weighted by atomic mass is 10.3. The van der Waals surface area contributed by atoms with Gasteiger partial charge in [0, 0.05) is 17.2 Å². The summed E-state index contributed by atoms with van der Waals surface area (Å²) in [6.45, 7) is 0. The quantitative estimate of drug-likeness (QED) is 0.434. The van der Waals surface area contributed by atoms with Gasteiger partial charge in [-0.2, -0.15) is 0 Å². The highest BCUT2D eigenvalue weighted by atomic mass is 79.9. The van der Waals surface area contributed by atoms with Crippen molar-refractivity contribution < 1.29 is 0 Å². The van der Waals surface area contributed by atoms with E-state index < -0.39 is 0 Å². The van der Waals surface area contributed by atoms with E-state index in [1.165, 1.54) is 0 Å². The Morgan fingerprint density at radius 2 is 1.92 bits per heavy atom. The number of hydrogen-bond acceptors (Lipinski definition) is 1. The van der Waals surface area contributed by atoms with Crippen LogP contribution >= 0.6 is 39.7 Å². The van der Waals surface area contributed by atoms with E-state index >= 15 is 0 Å². The van der Waals surface area contributed by atoms with Crippen LogP contribution in [-0.4, -0.2) is 11.5 Å². The first-order chi connectivity index (χ1) is 5.61. The van der Waals surface area contributed by atoms with Crippen LogP contribution < -0.4 is 4.90 Å². The zero-order valence-corrected chi connectivity index (χ0v) is 9.58. The Morgan fingerprint density at radius 3 is 2.33 bits per heavy atom. The maximum absolute atomic E-state index is 5.65. The fraction of sp³-hybridized carbons (Fsp3) is 0.125. The number of hydrogen-bond donors (Lipinski definition) is 0. The van der Waals surface area contributed by atoms with Gasteiger partial charge < -0.3 is 4.90 Å². The van der Waals surface area contributed by atoms with Gasteiger partial charge in [-0.05, 0) is 36.5 Å². The zero-order valence-electron chi connectivity index (χ0n) is 6.42.